The van der Waals surface area contributed by atoms with Gasteiger partial charge in [0, 0.05) is 19.2 Å². The molecule has 8 nitrogen and oxygen atoms in total. The fourth-order valence-corrected chi connectivity index (χ4v) is 5.06. The van der Waals surface area contributed by atoms with Gasteiger partial charge < -0.3 is 20.3 Å². The summed E-state index contributed by atoms with van der Waals surface area (Å²) in [6.45, 7) is 18.0. The van der Waals surface area contributed by atoms with E-state index in [9.17, 15) is 27.6 Å². The number of imide groups is 1. The number of urea groups is 1. The lowest BCUT2D eigenvalue weighted by atomic mass is 9.88. The number of nitrogens with one attached hydrogen (secondary N) is 2. The molecule has 0 aliphatic carbocycles. The number of ether oxygens (including phenoxy) is 1. The van der Waals surface area contributed by atoms with Crippen molar-refractivity contribution < 1.29 is 32.3 Å². The predicted molar refractivity (Wildman–Crippen MR) is 151 cm³/mol. The molecule has 1 atom stereocenters. The van der Waals surface area contributed by atoms with Crippen LogP contribution in [-0.2, 0) is 9.53 Å². The molecule has 0 aromatic heterocycles. The van der Waals surface area contributed by atoms with Gasteiger partial charge in [0.05, 0.1) is 6.33 Å². The summed E-state index contributed by atoms with van der Waals surface area (Å²) in [5, 5.41) is 5.43. The van der Waals surface area contributed by atoms with Crippen molar-refractivity contribution in [3.8, 4) is 0 Å². The summed E-state index contributed by atoms with van der Waals surface area (Å²) >= 11 is 0. The van der Waals surface area contributed by atoms with Gasteiger partial charge in [-0.3, -0.25) is 4.79 Å². The number of amides is 4. The largest absolute Gasteiger partial charge is 0.440 e. The molecular weight excluding hydrogens is 537 g/mol. The molecule has 41 heavy (non-hydrogen) atoms. The van der Waals surface area contributed by atoms with Crippen molar-refractivity contribution in [2.75, 3.05) is 26.2 Å². The van der Waals surface area contributed by atoms with Crippen molar-refractivity contribution in [1.82, 2.24) is 20.4 Å². The van der Waals surface area contributed by atoms with E-state index < -0.39 is 35.4 Å². The third-order valence-electron chi connectivity index (χ3n) is 6.84. The maximum atomic E-state index is 13.9. The van der Waals surface area contributed by atoms with Gasteiger partial charge in [-0.2, -0.15) is 0 Å². The fourth-order valence-electron chi connectivity index (χ4n) is 5.06. The minimum Gasteiger partial charge on any atom is -0.440 e. The lowest BCUT2D eigenvalue weighted by Crippen LogP contribution is -2.44. The Morgan fingerprint density at radius 1 is 1.17 bits per heavy atom. The molecule has 0 saturated carbocycles. The van der Waals surface area contributed by atoms with Gasteiger partial charge in [0.1, 0.15) is 11.6 Å². The standard InChI is InChI=1S/C28H36F2N4O4.C2H3F/c1-6-20(16-18(2)32-19(3)35)21-10-14-33(15-11-21)13-7-12-31-26(36)34-25(28(4,5)38-27(34)37)22-8-9-23(29)24(30)17-22;1-2-3/h6,8-9,16-17,21,25H,1-2,7,10-15H2,3-5H3,(H,31,36)(H,32,35);2H,1H2/b20-16+;. The van der Waals surface area contributed by atoms with Crippen LogP contribution in [0.15, 0.2) is 67.7 Å². The smallest absolute Gasteiger partial charge is 0.419 e. The first-order valence-electron chi connectivity index (χ1n) is 13.3. The molecule has 1 unspecified atom stereocenters. The Hall–Kier alpha value is -3.86. The predicted octanol–water partition coefficient (Wildman–Crippen LogP) is 5.91. The van der Waals surface area contributed by atoms with E-state index in [1.165, 1.54) is 13.0 Å². The fraction of sp³-hybridized carbons (Fsp3) is 0.433. The van der Waals surface area contributed by atoms with Gasteiger partial charge >= 0.3 is 12.1 Å². The molecule has 2 fully saturated rings. The van der Waals surface area contributed by atoms with E-state index in [4.69, 9.17) is 4.74 Å². The van der Waals surface area contributed by atoms with Gasteiger partial charge in [0.2, 0.25) is 5.91 Å². The van der Waals surface area contributed by atoms with E-state index in [2.05, 4.69) is 35.3 Å². The van der Waals surface area contributed by atoms with Gasteiger partial charge in [0.15, 0.2) is 11.6 Å². The van der Waals surface area contributed by atoms with E-state index in [1.54, 1.807) is 19.9 Å². The van der Waals surface area contributed by atoms with E-state index in [1.807, 2.05) is 6.08 Å². The van der Waals surface area contributed by atoms with E-state index in [0.29, 0.717) is 24.6 Å². The number of halogens is 3. The molecule has 0 radical (unpaired) electrons. The van der Waals surface area contributed by atoms with Crippen LogP contribution in [0.25, 0.3) is 0 Å². The number of piperidine rings is 1. The minimum absolute atomic E-state index is 0.165. The molecule has 2 N–H and O–H groups in total. The first kappa shape index (κ1) is 33.3. The van der Waals surface area contributed by atoms with Crippen LogP contribution in [0, 0.1) is 17.6 Å². The van der Waals surface area contributed by atoms with Crippen molar-refractivity contribution in [3.63, 3.8) is 0 Å². The van der Waals surface area contributed by atoms with Crippen molar-refractivity contribution in [1.29, 1.82) is 0 Å². The second-order valence-corrected chi connectivity index (χ2v) is 10.3. The number of carbonyl (C=O) groups is 3. The first-order chi connectivity index (χ1) is 19.3. The summed E-state index contributed by atoms with van der Waals surface area (Å²) in [6, 6.07) is 1.75. The number of cyclic esters (lactones) is 1. The van der Waals surface area contributed by atoms with Crippen LogP contribution >= 0.6 is 0 Å². The average molecular weight is 577 g/mol. The van der Waals surface area contributed by atoms with Crippen molar-refractivity contribution in [2.24, 2.45) is 5.92 Å². The Bertz CT molecular complexity index is 1180. The van der Waals surface area contributed by atoms with Gasteiger partial charge in [-0.25, -0.2) is 27.7 Å². The SMILES string of the molecule is C=C/C(=C\C(=C)NC(C)=O)C1CCN(CCCNC(=O)N2C(=O)OC(C)(C)C2c2ccc(F)c(F)c2)CC1.C=CF. The maximum Gasteiger partial charge on any atom is 0.419 e. The van der Waals surface area contributed by atoms with Crippen LogP contribution in [0.1, 0.15) is 51.6 Å². The number of benzene rings is 1. The topological polar surface area (TPSA) is 91.0 Å². The third kappa shape index (κ3) is 9.34. The Balaban J connectivity index is 0.00000187. The number of rotatable bonds is 9. The maximum absolute atomic E-state index is 13.9. The normalized spacial score (nSPS) is 19.0. The second-order valence-electron chi connectivity index (χ2n) is 10.3. The Labute approximate surface area is 239 Å². The number of hydrogen-bond acceptors (Lipinski definition) is 5. The molecule has 224 valence electrons. The highest BCUT2D eigenvalue weighted by molar-refractivity contribution is 5.93. The van der Waals surface area contributed by atoms with Crippen LogP contribution in [0.4, 0.5) is 22.8 Å². The lowest BCUT2D eigenvalue weighted by Gasteiger charge is -2.32. The molecule has 4 amide bonds. The quantitative estimate of drug-likeness (QED) is 0.282. The van der Waals surface area contributed by atoms with Gasteiger partial charge in [0.25, 0.3) is 0 Å². The van der Waals surface area contributed by atoms with E-state index in [0.717, 1.165) is 55.1 Å². The van der Waals surface area contributed by atoms with Gasteiger partial charge in [-0.15, -0.1) is 0 Å². The zero-order valence-corrected chi connectivity index (χ0v) is 23.9. The van der Waals surface area contributed by atoms with Crippen LogP contribution in [-0.4, -0.2) is 59.6 Å². The summed E-state index contributed by atoms with van der Waals surface area (Å²) in [6.07, 6.45) is 5.62. The number of carbonyl (C=O) groups excluding carboxylic acids is 3. The van der Waals surface area contributed by atoms with Crippen molar-refractivity contribution >= 4 is 18.0 Å². The summed E-state index contributed by atoms with van der Waals surface area (Å²) in [4.78, 5) is 39.9. The molecule has 1 aromatic carbocycles. The molecule has 2 aliphatic heterocycles. The number of hydrogen-bond donors (Lipinski definition) is 2. The van der Waals surface area contributed by atoms with Gasteiger partial charge in [-0.05, 0) is 88.0 Å². The summed E-state index contributed by atoms with van der Waals surface area (Å²) in [5.41, 5.74) is 0.747. The molecule has 2 heterocycles. The molecule has 11 heteroatoms. The first-order valence-corrected chi connectivity index (χ1v) is 13.3. The third-order valence-corrected chi connectivity index (χ3v) is 6.84. The van der Waals surface area contributed by atoms with Gasteiger partial charge in [-0.1, -0.05) is 31.9 Å². The highest BCUT2D eigenvalue weighted by atomic mass is 19.2. The van der Waals surface area contributed by atoms with Crippen molar-refractivity contribution in [2.45, 2.75) is 51.7 Å². The molecule has 2 saturated heterocycles. The second kappa shape index (κ2) is 15.2. The monoisotopic (exact) mass is 576 g/mol. The summed E-state index contributed by atoms with van der Waals surface area (Å²) in [5.74, 6) is -1.91. The average Bonchev–Trinajstić information content (AvgIpc) is 3.15. The lowest BCUT2D eigenvalue weighted by molar-refractivity contribution is -0.118. The van der Waals surface area contributed by atoms with Crippen LogP contribution in [0.5, 0.6) is 0 Å². The van der Waals surface area contributed by atoms with Crippen LogP contribution in [0.2, 0.25) is 0 Å². The molecular formula is C30H39F3N4O4. The molecule has 2 aliphatic rings. The molecule has 1 aromatic rings. The summed E-state index contributed by atoms with van der Waals surface area (Å²) in [7, 11) is 0. The minimum atomic E-state index is -1.11. The van der Waals surface area contributed by atoms with E-state index in [-0.39, 0.29) is 17.8 Å². The number of likely N-dealkylation sites (tertiary alicyclic amines) is 1. The van der Waals surface area contributed by atoms with Crippen LogP contribution in [0.3, 0.4) is 0 Å². The Kier molecular flexibility index (Phi) is 12.4. The van der Waals surface area contributed by atoms with E-state index >= 15 is 0 Å². The highest BCUT2D eigenvalue weighted by Crippen LogP contribution is 2.41. The Morgan fingerprint density at radius 2 is 1.80 bits per heavy atom. The zero-order valence-electron chi connectivity index (χ0n) is 23.9. The Morgan fingerprint density at radius 3 is 2.37 bits per heavy atom. The van der Waals surface area contributed by atoms with Crippen molar-refractivity contribution in [3.05, 3.63) is 84.9 Å². The zero-order chi connectivity index (χ0) is 30.7. The van der Waals surface area contributed by atoms with Crippen LogP contribution < -0.4 is 10.6 Å². The molecule has 3 rings (SSSR count). The summed E-state index contributed by atoms with van der Waals surface area (Å²) < 4.78 is 42.7. The number of nitrogens with zero attached hydrogens (tertiary/aromatic N) is 2. The highest BCUT2D eigenvalue weighted by Gasteiger charge is 2.51. The number of allylic oxidation sites excluding steroid dienone is 3. The molecule has 0 spiro atoms. The molecule has 0 bridgehead atoms.